The van der Waals surface area contributed by atoms with Gasteiger partial charge in [0, 0.05) is 22.5 Å². The van der Waals surface area contributed by atoms with Gasteiger partial charge in [-0.25, -0.2) is 9.97 Å². The third-order valence-corrected chi connectivity index (χ3v) is 5.41. The first-order chi connectivity index (χ1) is 11.9. The van der Waals surface area contributed by atoms with E-state index in [9.17, 15) is 4.79 Å². The quantitative estimate of drug-likeness (QED) is 0.563. The molecule has 0 saturated heterocycles. The van der Waals surface area contributed by atoms with Gasteiger partial charge in [-0.1, -0.05) is 53.0 Å². The molecule has 25 heavy (non-hydrogen) atoms. The predicted octanol–water partition coefficient (Wildman–Crippen LogP) is 5.65. The maximum Gasteiger partial charge on any atom is 0.277 e. The van der Waals surface area contributed by atoms with Gasteiger partial charge in [-0.05, 0) is 30.2 Å². The van der Waals surface area contributed by atoms with Gasteiger partial charge in [-0.2, -0.15) is 0 Å². The second kappa shape index (κ2) is 7.70. The second-order valence-corrected chi connectivity index (χ2v) is 7.56. The Labute approximate surface area is 163 Å². The van der Waals surface area contributed by atoms with E-state index in [0.717, 1.165) is 21.0 Å². The summed E-state index contributed by atoms with van der Waals surface area (Å²) in [4.78, 5) is 21.4. The number of nitrogens with zero attached hydrogens (tertiary/aromatic N) is 2. The molecule has 8 heteroatoms. The van der Waals surface area contributed by atoms with E-state index in [0.29, 0.717) is 11.6 Å². The zero-order chi connectivity index (χ0) is 18.0. The summed E-state index contributed by atoms with van der Waals surface area (Å²) in [5.74, 6) is -0.456. The maximum atomic E-state index is 12.3. The summed E-state index contributed by atoms with van der Waals surface area (Å²) in [6, 6.07) is 8.95. The van der Waals surface area contributed by atoms with Crippen LogP contribution in [0.25, 0.3) is 0 Å². The van der Waals surface area contributed by atoms with E-state index in [1.807, 2.05) is 25.1 Å². The molecule has 2 aromatic heterocycles. The molecule has 3 aromatic rings. The highest BCUT2D eigenvalue weighted by Crippen LogP contribution is 2.27. The molecule has 0 fully saturated rings. The fourth-order valence-corrected chi connectivity index (χ4v) is 3.58. The first-order valence-corrected chi connectivity index (χ1v) is 9.21. The molecule has 0 saturated carbocycles. The molecule has 0 radical (unpaired) electrons. The minimum absolute atomic E-state index is 0.0626. The van der Waals surface area contributed by atoms with Gasteiger partial charge in [0.05, 0.1) is 5.02 Å². The number of pyridine rings is 1. The summed E-state index contributed by atoms with van der Waals surface area (Å²) in [6.45, 7) is 1.96. The van der Waals surface area contributed by atoms with Crippen molar-refractivity contribution in [2.24, 2.45) is 0 Å². The highest BCUT2D eigenvalue weighted by atomic mass is 35.5. The largest absolute Gasteiger partial charge is 0.296 e. The number of rotatable bonds is 4. The molecule has 1 N–H and O–H groups in total. The number of halogens is 3. The van der Waals surface area contributed by atoms with Gasteiger partial charge in [-0.15, -0.1) is 11.3 Å². The van der Waals surface area contributed by atoms with Crippen molar-refractivity contribution in [1.82, 2.24) is 9.97 Å². The van der Waals surface area contributed by atoms with E-state index in [1.165, 1.54) is 23.5 Å². The first kappa shape index (κ1) is 18.1. The highest BCUT2D eigenvalue weighted by Gasteiger charge is 2.15. The lowest BCUT2D eigenvalue weighted by Crippen LogP contribution is -2.14. The van der Waals surface area contributed by atoms with Crippen LogP contribution in [0.15, 0.2) is 36.5 Å². The summed E-state index contributed by atoms with van der Waals surface area (Å²) < 4.78 is 0. The molecule has 0 unspecified atom stereocenters. The van der Waals surface area contributed by atoms with Gasteiger partial charge < -0.3 is 0 Å². The van der Waals surface area contributed by atoms with Gasteiger partial charge in [0.2, 0.25) is 0 Å². The average molecular weight is 413 g/mol. The van der Waals surface area contributed by atoms with Crippen LogP contribution in [0.1, 0.15) is 26.5 Å². The molecular weight excluding hydrogens is 401 g/mol. The number of thiazole rings is 1. The number of aromatic nitrogens is 2. The number of benzene rings is 1. The maximum absolute atomic E-state index is 12.3. The van der Waals surface area contributed by atoms with Crippen LogP contribution in [0.5, 0.6) is 0 Å². The second-order valence-electron chi connectivity index (χ2n) is 5.28. The number of nitrogens with one attached hydrogen (secondary N) is 1. The molecule has 1 amide bonds. The van der Waals surface area contributed by atoms with Crippen LogP contribution in [0.2, 0.25) is 15.2 Å². The zero-order valence-corrected chi connectivity index (χ0v) is 16.1. The van der Waals surface area contributed by atoms with Crippen molar-refractivity contribution in [3.05, 3.63) is 73.4 Å². The smallest absolute Gasteiger partial charge is 0.277 e. The predicted molar refractivity (Wildman–Crippen MR) is 103 cm³/mol. The summed E-state index contributed by atoms with van der Waals surface area (Å²) in [5, 5.41) is 4.32. The van der Waals surface area contributed by atoms with E-state index in [-0.39, 0.29) is 15.9 Å². The van der Waals surface area contributed by atoms with Crippen LogP contribution in [0, 0.1) is 6.92 Å². The van der Waals surface area contributed by atoms with Gasteiger partial charge in [0.1, 0.15) is 10.8 Å². The fraction of sp³-hybridized carbons (Fsp3) is 0.118. The number of hydrogen-bond acceptors (Lipinski definition) is 4. The van der Waals surface area contributed by atoms with Crippen molar-refractivity contribution in [3.8, 4) is 0 Å². The minimum Gasteiger partial charge on any atom is -0.296 e. The normalized spacial score (nSPS) is 10.7. The molecule has 3 rings (SSSR count). The molecule has 0 atom stereocenters. The van der Waals surface area contributed by atoms with Gasteiger partial charge in [0.25, 0.3) is 5.91 Å². The van der Waals surface area contributed by atoms with Gasteiger partial charge >= 0.3 is 0 Å². The van der Waals surface area contributed by atoms with E-state index in [2.05, 4.69) is 15.3 Å². The third-order valence-electron chi connectivity index (χ3n) is 3.44. The zero-order valence-electron chi connectivity index (χ0n) is 13.0. The van der Waals surface area contributed by atoms with Gasteiger partial charge in [0.15, 0.2) is 5.13 Å². The Bertz CT molecular complexity index is 943. The summed E-state index contributed by atoms with van der Waals surface area (Å²) in [5.41, 5.74) is 2.11. The Morgan fingerprint density at radius 1 is 1.20 bits per heavy atom. The first-order valence-electron chi connectivity index (χ1n) is 7.26. The number of carbonyl (C=O) groups is 1. The van der Waals surface area contributed by atoms with E-state index < -0.39 is 5.91 Å². The molecule has 128 valence electrons. The van der Waals surface area contributed by atoms with Gasteiger partial charge in [-0.3, -0.25) is 10.1 Å². The average Bonchev–Trinajstić information content (AvgIpc) is 3.01. The Morgan fingerprint density at radius 2 is 2.00 bits per heavy atom. The minimum atomic E-state index is -0.456. The van der Waals surface area contributed by atoms with Crippen LogP contribution in [-0.4, -0.2) is 15.9 Å². The van der Waals surface area contributed by atoms with Crippen molar-refractivity contribution in [2.45, 2.75) is 13.3 Å². The lowest BCUT2D eigenvalue weighted by molar-refractivity contribution is 0.102. The lowest BCUT2D eigenvalue weighted by atomic mass is 10.1. The van der Waals surface area contributed by atoms with Crippen molar-refractivity contribution >= 4 is 57.2 Å². The molecular formula is C17H12Cl3N3OS. The van der Waals surface area contributed by atoms with Crippen molar-refractivity contribution < 1.29 is 4.79 Å². The molecule has 1 aromatic carbocycles. The molecule has 4 nitrogen and oxygen atoms in total. The van der Waals surface area contributed by atoms with Crippen LogP contribution >= 0.6 is 46.1 Å². The van der Waals surface area contributed by atoms with E-state index in [4.69, 9.17) is 34.8 Å². The van der Waals surface area contributed by atoms with Crippen LogP contribution in [-0.2, 0) is 6.42 Å². The molecule has 0 bridgehead atoms. The number of hydrogen-bond donors (Lipinski definition) is 1. The van der Waals surface area contributed by atoms with Crippen molar-refractivity contribution in [3.63, 3.8) is 0 Å². The van der Waals surface area contributed by atoms with Crippen LogP contribution in [0.3, 0.4) is 0 Å². The summed E-state index contributed by atoms with van der Waals surface area (Å²) in [6.07, 6.45) is 2.36. The standard InChI is InChI=1S/C17H12Cl3N3OS/c1-9-3-2-4-10(14(9)20)7-11-8-21-17(25-11)23-16(24)15-12(18)5-6-13(19)22-15/h2-6,8H,7H2,1H3,(H,21,23,24). The van der Waals surface area contributed by atoms with E-state index >= 15 is 0 Å². The monoisotopic (exact) mass is 411 g/mol. The van der Waals surface area contributed by atoms with Crippen molar-refractivity contribution in [2.75, 3.05) is 5.32 Å². The molecule has 2 heterocycles. The topological polar surface area (TPSA) is 54.9 Å². The Kier molecular flexibility index (Phi) is 5.59. The number of amides is 1. The lowest BCUT2D eigenvalue weighted by Gasteiger charge is -2.05. The molecule has 0 aliphatic heterocycles. The van der Waals surface area contributed by atoms with Crippen LogP contribution in [0.4, 0.5) is 5.13 Å². The highest BCUT2D eigenvalue weighted by molar-refractivity contribution is 7.15. The SMILES string of the molecule is Cc1cccc(Cc2cnc(NC(=O)c3nc(Cl)ccc3Cl)s2)c1Cl. The number of anilines is 1. The Hall–Kier alpha value is -1.66. The molecule has 0 aliphatic carbocycles. The molecule has 0 aliphatic rings. The Balaban J connectivity index is 1.74. The van der Waals surface area contributed by atoms with Crippen molar-refractivity contribution in [1.29, 1.82) is 0 Å². The Morgan fingerprint density at radius 3 is 2.80 bits per heavy atom. The summed E-state index contributed by atoms with van der Waals surface area (Å²) in [7, 11) is 0. The number of aryl methyl sites for hydroxylation is 1. The number of carbonyl (C=O) groups excluding carboxylic acids is 1. The molecule has 0 spiro atoms. The fourth-order valence-electron chi connectivity index (χ4n) is 2.21. The van der Waals surface area contributed by atoms with Crippen LogP contribution < -0.4 is 5.32 Å². The van der Waals surface area contributed by atoms with E-state index in [1.54, 1.807) is 6.20 Å². The third kappa shape index (κ3) is 4.30. The summed E-state index contributed by atoms with van der Waals surface area (Å²) >= 11 is 19.5.